The number of aromatic nitrogens is 2. The summed E-state index contributed by atoms with van der Waals surface area (Å²) in [7, 11) is 0. The van der Waals surface area contributed by atoms with Crippen molar-refractivity contribution in [2.75, 3.05) is 16.8 Å². The molecule has 0 radical (unpaired) electrons. The highest BCUT2D eigenvalue weighted by atomic mass is 35.5. The van der Waals surface area contributed by atoms with Crippen molar-refractivity contribution in [3.8, 4) is 0 Å². The number of carbonyl (C=O) groups excluding carboxylic acids is 2. The lowest BCUT2D eigenvalue weighted by Gasteiger charge is -2.18. The summed E-state index contributed by atoms with van der Waals surface area (Å²) in [6, 6.07) is 14.5. The van der Waals surface area contributed by atoms with Gasteiger partial charge in [0.05, 0.1) is 5.92 Å². The van der Waals surface area contributed by atoms with E-state index >= 15 is 0 Å². The third-order valence-corrected chi connectivity index (χ3v) is 5.54. The van der Waals surface area contributed by atoms with Gasteiger partial charge in [0.2, 0.25) is 11.8 Å². The molecule has 2 heterocycles. The second-order valence-electron chi connectivity index (χ2n) is 8.61. The molecule has 1 aliphatic heterocycles. The van der Waals surface area contributed by atoms with Gasteiger partial charge in [-0.1, -0.05) is 49.6 Å². The zero-order valence-electron chi connectivity index (χ0n) is 17.6. The van der Waals surface area contributed by atoms with Gasteiger partial charge in [-0.05, 0) is 47.4 Å². The Bertz CT molecular complexity index is 1100. The van der Waals surface area contributed by atoms with Crippen molar-refractivity contribution in [2.45, 2.75) is 38.5 Å². The molecule has 0 aliphatic carbocycles. The van der Waals surface area contributed by atoms with E-state index in [9.17, 15) is 9.59 Å². The Morgan fingerprint density at radius 2 is 1.77 bits per heavy atom. The van der Waals surface area contributed by atoms with E-state index in [1.54, 1.807) is 41.3 Å². The van der Waals surface area contributed by atoms with E-state index in [1.165, 1.54) is 0 Å². The number of anilines is 2. The predicted octanol–water partition coefficient (Wildman–Crippen LogP) is 4.79. The summed E-state index contributed by atoms with van der Waals surface area (Å²) in [5, 5.41) is 11.2. The lowest BCUT2D eigenvalue weighted by atomic mass is 9.87. The largest absolute Gasteiger partial charge is 0.407 e. The van der Waals surface area contributed by atoms with Gasteiger partial charge in [-0.2, -0.15) is 0 Å². The minimum Gasteiger partial charge on any atom is -0.407 e. The summed E-state index contributed by atoms with van der Waals surface area (Å²) < 4.78 is 5.64. The molecule has 1 unspecified atom stereocenters. The molecule has 0 spiro atoms. The maximum atomic E-state index is 12.5. The first-order valence-electron chi connectivity index (χ1n) is 10.0. The Kier molecular flexibility index (Phi) is 5.54. The molecule has 2 amide bonds. The van der Waals surface area contributed by atoms with Crippen LogP contribution in [0.4, 0.5) is 11.7 Å². The van der Waals surface area contributed by atoms with E-state index in [-0.39, 0.29) is 35.6 Å². The second-order valence-corrected chi connectivity index (χ2v) is 9.05. The molecule has 1 aliphatic rings. The number of carbonyl (C=O) groups is 2. The predicted molar refractivity (Wildman–Crippen MR) is 119 cm³/mol. The van der Waals surface area contributed by atoms with Gasteiger partial charge in [-0.15, -0.1) is 5.10 Å². The molecule has 31 heavy (non-hydrogen) atoms. The summed E-state index contributed by atoms with van der Waals surface area (Å²) in [6.45, 7) is 6.77. The number of benzene rings is 2. The van der Waals surface area contributed by atoms with Gasteiger partial charge >= 0.3 is 6.01 Å². The van der Waals surface area contributed by atoms with Crippen LogP contribution in [0.25, 0.3) is 0 Å². The minimum absolute atomic E-state index is 0.00893. The van der Waals surface area contributed by atoms with Crippen LogP contribution in [-0.4, -0.2) is 28.6 Å². The fourth-order valence-electron chi connectivity index (χ4n) is 3.48. The summed E-state index contributed by atoms with van der Waals surface area (Å²) in [5.41, 5.74) is 2.41. The van der Waals surface area contributed by atoms with Crippen molar-refractivity contribution in [3.63, 3.8) is 0 Å². The highest BCUT2D eigenvalue weighted by Gasteiger charge is 2.35. The van der Waals surface area contributed by atoms with Crippen molar-refractivity contribution in [3.05, 3.63) is 70.6 Å². The number of nitrogens with zero attached hydrogens (tertiary/aromatic N) is 3. The number of rotatable bonds is 4. The Labute approximate surface area is 185 Å². The van der Waals surface area contributed by atoms with Crippen LogP contribution in [0, 0.1) is 0 Å². The molecule has 160 valence electrons. The van der Waals surface area contributed by atoms with Crippen LogP contribution in [0.15, 0.2) is 52.9 Å². The number of halogens is 1. The van der Waals surface area contributed by atoms with Crippen LogP contribution in [0.2, 0.25) is 5.02 Å². The van der Waals surface area contributed by atoms with Crippen molar-refractivity contribution >= 4 is 35.1 Å². The first-order chi connectivity index (χ1) is 14.7. The molecular formula is C23H23ClN4O3. The molecule has 4 rings (SSSR count). The van der Waals surface area contributed by atoms with Crippen molar-refractivity contribution in [1.29, 1.82) is 0 Å². The number of nitrogens with one attached hydrogen (secondary N) is 1. The molecule has 8 heteroatoms. The normalized spacial score (nSPS) is 16.6. The molecule has 7 nitrogen and oxygen atoms in total. The topological polar surface area (TPSA) is 88.3 Å². The van der Waals surface area contributed by atoms with Crippen LogP contribution in [-0.2, 0) is 10.2 Å². The van der Waals surface area contributed by atoms with Crippen molar-refractivity contribution in [1.82, 2.24) is 10.2 Å². The van der Waals surface area contributed by atoms with Gasteiger partial charge < -0.3 is 9.32 Å². The van der Waals surface area contributed by atoms with Crippen molar-refractivity contribution in [2.24, 2.45) is 0 Å². The monoisotopic (exact) mass is 438 g/mol. The summed E-state index contributed by atoms with van der Waals surface area (Å²) in [4.78, 5) is 26.6. The molecule has 2 aromatic carbocycles. The molecule has 1 N–H and O–H groups in total. The van der Waals surface area contributed by atoms with Crippen LogP contribution in [0.1, 0.15) is 54.9 Å². The van der Waals surface area contributed by atoms with E-state index in [2.05, 4.69) is 36.3 Å². The number of hydrogen-bond donors (Lipinski definition) is 1. The van der Waals surface area contributed by atoms with Crippen LogP contribution < -0.4 is 10.2 Å². The molecule has 0 bridgehead atoms. The van der Waals surface area contributed by atoms with Gasteiger partial charge in [0, 0.05) is 29.2 Å². The standard InChI is InChI=1S/C23H23ClN4O3/c1-23(2,3)16-6-4-14(5-7-16)20(30)25-22-27-26-21(31-22)15-12-19(29)28(13-15)18-10-8-17(24)9-11-18/h4-11,15H,12-13H2,1-3H3,(H,25,27,30). The van der Waals surface area contributed by atoms with Gasteiger partial charge in [0.1, 0.15) is 0 Å². The van der Waals surface area contributed by atoms with Crippen molar-refractivity contribution < 1.29 is 14.0 Å². The van der Waals surface area contributed by atoms with Gasteiger partial charge in [-0.3, -0.25) is 14.9 Å². The van der Waals surface area contributed by atoms with Gasteiger partial charge in [0.25, 0.3) is 5.91 Å². The Morgan fingerprint density at radius 1 is 1.10 bits per heavy atom. The van der Waals surface area contributed by atoms with Gasteiger partial charge in [-0.25, -0.2) is 0 Å². The van der Waals surface area contributed by atoms with Gasteiger partial charge in [0.15, 0.2) is 0 Å². The molecule has 1 aromatic heterocycles. The fourth-order valence-corrected chi connectivity index (χ4v) is 3.61. The Hall–Kier alpha value is -3.19. The third-order valence-electron chi connectivity index (χ3n) is 5.29. The molecule has 3 aromatic rings. The van der Waals surface area contributed by atoms with E-state index in [0.717, 1.165) is 11.3 Å². The highest BCUT2D eigenvalue weighted by molar-refractivity contribution is 6.30. The quantitative estimate of drug-likeness (QED) is 0.632. The molecule has 1 fully saturated rings. The smallest absolute Gasteiger partial charge is 0.322 e. The van der Waals surface area contributed by atoms with Crippen LogP contribution >= 0.6 is 11.6 Å². The molecular weight excluding hydrogens is 416 g/mol. The molecule has 0 saturated carbocycles. The van der Waals surface area contributed by atoms with E-state index in [4.69, 9.17) is 16.0 Å². The maximum absolute atomic E-state index is 12.5. The number of hydrogen-bond acceptors (Lipinski definition) is 5. The average molecular weight is 439 g/mol. The van der Waals surface area contributed by atoms with E-state index in [0.29, 0.717) is 23.0 Å². The summed E-state index contributed by atoms with van der Waals surface area (Å²) in [6.07, 6.45) is 0.256. The molecule has 1 saturated heterocycles. The third kappa shape index (κ3) is 4.61. The zero-order chi connectivity index (χ0) is 22.2. The highest BCUT2D eigenvalue weighted by Crippen LogP contribution is 2.32. The first-order valence-corrected chi connectivity index (χ1v) is 10.4. The Balaban J connectivity index is 1.42. The summed E-state index contributed by atoms with van der Waals surface area (Å²) >= 11 is 5.92. The van der Waals surface area contributed by atoms with E-state index in [1.807, 2.05) is 12.1 Å². The minimum atomic E-state index is -0.332. The first kappa shape index (κ1) is 21.1. The fraction of sp³-hybridized carbons (Fsp3) is 0.304. The van der Waals surface area contributed by atoms with Crippen LogP contribution in [0.5, 0.6) is 0 Å². The SMILES string of the molecule is CC(C)(C)c1ccc(C(=O)Nc2nnc(C3CC(=O)N(c4ccc(Cl)cc4)C3)o2)cc1. The summed E-state index contributed by atoms with van der Waals surface area (Å²) in [5.74, 6) is -0.286. The zero-order valence-corrected chi connectivity index (χ0v) is 18.3. The lowest BCUT2D eigenvalue weighted by molar-refractivity contribution is -0.117. The lowest BCUT2D eigenvalue weighted by Crippen LogP contribution is -2.24. The Morgan fingerprint density at radius 3 is 2.42 bits per heavy atom. The van der Waals surface area contributed by atoms with E-state index < -0.39 is 0 Å². The maximum Gasteiger partial charge on any atom is 0.322 e. The van der Waals surface area contributed by atoms with Crippen LogP contribution in [0.3, 0.4) is 0 Å². The number of amides is 2. The second kappa shape index (κ2) is 8.15. The average Bonchev–Trinajstić information content (AvgIpc) is 3.34. The molecule has 1 atom stereocenters.